The lowest BCUT2D eigenvalue weighted by atomic mass is 10.1. The van der Waals surface area contributed by atoms with Crippen molar-refractivity contribution in [3.8, 4) is 0 Å². The average Bonchev–Trinajstić information content (AvgIpc) is 2.62. The zero-order valence-corrected chi connectivity index (χ0v) is 11.9. The third kappa shape index (κ3) is 2.67. The molecule has 17 heavy (non-hydrogen) atoms. The average molecular weight is 270 g/mol. The van der Waals surface area contributed by atoms with E-state index < -0.39 is 11.4 Å². The SMILES string of the molecule is CC(C)(C)[S+]([O-])N=C1CCc2c(Cl)cccc21. The minimum atomic E-state index is -1.20. The maximum Gasteiger partial charge on any atom is 0.144 e. The lowest BCUT2D eigenvalue weighted by molar-refractivity contribution is 0.561. The van der Waals surface area contributed by atoms with Gasteiger partial charge in [-0.1, -0.05) is 28.1 Å². The predicted octanol–water partition coefficient (Wildman–Crippen LogP) is 3.54. The molecule has 4 heteroatoms. The Morgan fingerprint density at radius 3 is 2.65 bits per heavy atom. The van der Waals surface area contributed by atoms with Gasteiger partial charge in [0.25, 0.3) is 0 Å². The zero-order chi connectivity index (χ0) is 12.6. The molecule has 2 rings (SSSR count). The molecule has 0 saturated heterocycles. The van der Waals surface area contributed by atoms with Crippen molar-refractivity contribution in [1.82, 2.24) is 0 Å². The molecule has 1 aliphatic rings. The van der Waals surface area contributed by atoms with Gasteiger partial charge in [0.05, 0.1) is 5.71 Å². The zero-order valence-electron chi connectivity index (χ0n) is 10.3. The van der Waals surface area contributed by atoms with E-state index in [4.69, 9.17) is 11.6 Å². The van der Waals surface area contributed by atoms with Crippen LogP contribution < -0.4 is 0 Å². The van der Waals surface area contributed by atoms with Crippen molar-refractivity contribution in [2.75, 3.05) is 0 Å². The van der Waals surface area contributed by atoms with Crippen molar-refractivity contribution in [2.45, 2.75) is 38.4 Å². The van der Waals surface area contributed by atoms with Gasteiger partial charge < -0.3 is 4.55 Å². The number of nitrogens with zero attached hydrogens (tertiary/aromatic N) is 1. The molecule has 92 valence electrons. The minimum absolute atomic E-state index is 0.311. The Morgan fingerprint density at radius 2 is 2.00 bits per heavy atom. The molecule has 0 aromatic heterocycles. The molecular weight excluding hydrogens is 254 g/mol. The van der Waals surface area contributed by atoms with Crippen LogP contribution in [-0.2, 0) is 17.8 Å². The topological polar surface area (TPSA) is 35.4 Å². The van der Waals surface area contributed by atoms with Crippen LogP contribution in [0.25, 0.3) is 0 Å². The summed E-state index contributed by atoms with van der Waals surface area (Å²) >= 11 is 4.93. The smallest absolute Gasteiger partial charge is 0.144 e. The van der Waals surface area contributed by atoms with E-state index in [-0.39, 0.29) is 4.75 Å². The fourth-order valence-electron chi connectivity index (χ4n) is 1.79. The van der Waals surface area contributed by atoms with Gasteiger partial charge in [0, 0.05) is 10.6 Å². The minimum Gasteiger partial charge on any atom is -0.591 e. The number of hydrogen-bond donors (Lipinski definition) is 0. The van der Waals surface area contributed by atoms with Crippen molar-refractivity contribution in [3.05, 3.63) is 34.3 Å². The molecular formula is C13H16ClNOS. The Hall–Kier alpha value is -0.510. The first-order valence-electron chi connectivity index (χ1n) is 5.67. The van der Waals surface area contributed by atoms with E-state index in [1.807, 2.05) is 39.0 Å². The van der Waals surface area contributed by atoms with Crippen LogP contribution in [0.15, 0.2) is 22.6 Å². The molecule has 1 aromatic carbocycles. The summed E-state index contributed by atoms with van der Waals surface area (Å²) in [6.45, 7) is 5.79. The highest BCUT2D eigenvalue weighted by Gasteiger charge is 2.29. The normalized spacial score (nSPS) is 19.5. The Labute approximate surface area is 110 Å². The predicted molar refractivity (Wildman–Crippen MR) is 74.2 cm³/mol. The Balaban J connectivity index is 2.34. The first-order chi connectivity index (χ1) is 7.89. The first kappa shape index (κ1) is 12.9. The summed E-state index contributed by atoms with van der Waals surface area (Å²) in [6, 6.07) is 5.82. The molecule has 0 bridgehead atoms. The molecule has 0 fully saturated rings. The van der Waals surface area contributed by atoms with E-state index in [9.17, 15) is 4.55 Å². The number of halogens is 1. The lowest BCUT2D eigenvalue weighted by Crippen LogP contribution is -2.26. The van der Waals surface area contributed by atoms with Gasteiger partial charge in [0.15, 0.2) is 0 Å². The van der Waals surface area contributed by atoms with Crippen molar-refractivity contribution in [1.29, 1.82) is 0 Å². The second-order valence-corrected chi connectivity index (χ2v) is 7.48. The Kier molecular flexibility index (Phi) is 3.53. The van der Waals surface area contributed by atoms with Crippen LogP contribution in [0.3, 0.4) is 0 Å². The van der Waals surface area contributed by atoms with Gasteiger partial charge in [-0.15, -0.1) is 0 Å². The number of benzene rings is 1. The van der Waals surface area contributed by atoms with Crippen LogP contribution in [0.2, 0.25) is 5.02 Å². The van der Waals surface area contributed by atoms with E-state index in [1.54, 1.807) is 0 Å². The molecule has 0 N–H and O–H groups in total. The van der Waals surface area contributed by atoms with Gasteiger partial charge in [-0.2, -0.15) is 0 Å². The van der Waals surface area contributed by atoms with Gasteiger partial charge in [-0.05, 0) is 45.2 Å². The maximum absolute atomic E-state index is 12.0. The summed E-state index contributed by atoms with van der Waals surface area (Å²) in [4.78, 5) is 0. The Bertz CT molecular complexity index is 465. The molecule has 0 aliphatic heterocycles. The fourth-order valence-corrected chi connectivity index (χ4v) is 2.73. The van der Waals surface area contributed by atoms with E-state index in [1.165, 1.54) is 0 Å². The van der Waals surface area contributed by atoms with Crippen LogP contribution in [-0.4, -0.2) is 15.0 Å². The third-order valence-corrected chi connectivity index (χ3v) is 4.55. The largest absolute Gasteiger partial charge is 0.591 e. The van der Waals surface area contributed by atoms with Crippen LogP contribution >= 0.6 is 11.6 Å². The molecule has 1 aromatic rings. The van der Waals surface area contributed by atoms with Crippen molar-refractivity contribution >= 4 is 28.7 Å². The van der Waals surface area contributed by atoms with Gasteiger partial charge in [-0.25, -0.2) is 0 Å². The molecule has 1 unspecified atom stereocenters. The summed E-state index contributed by atoms with van der Waals surface area (Å²) < 4.78 is 16.1. The van der Waals surface area contributed by atoms with Gasteiger partial charge in [0.1, 0.15) is 16.1 Å². The molecule has 2 nitrogen and oxygen atoms in total. The number of rotatable bonds is 1. The molecule has 0 spiro atoms. The van der Waals surface area contributed by atoms with Crippen LogP contribution in [0.5, 0.6) is 0 Å². The van der Waals surface area contributed by atoms with Crippen molar-refractivity contribution in [3.63, 3.8) is 0 Å². The van der Waals surface area contributed by atoms with Crippen molar-refractivity contribution < 1.29 is 4.55 Å². The second-order valence-electron chi connectivity index (χ2n) is 5.17. The van der Waals surface area contributed by atoms with Gasteiger partial charge in [-0.3, -0.25) is 0 Å². The standard InChI is InChI=1S/C13H16ClNOS/c1-13(2,3)17(16)15-12-8-7-9-10(12)5-4-6-11(9)14/h4-6H,7-8H2,1-3H3. The van der Waals surface area contributed by atoms with E-state index in [0.717, 1.165) is 34.7 Å². The number of fused-ring (bicyclic) bond motifs is 1. The monoisotopic (exact) mass is 269 g/mol. The molecule has 0 saturated carbocycles. The van der Waals surface area contributed by atoms with Crippen LogP contribution in [0.4, 0.5) is 0 Å². The third-order valence-electron chi connectivity index (χ3n) is 2.76. The quantitative estimate of drug-likeness (QED) is 0.718. The van der Waals surface area contributed by atoms with Crippen molar-refractivity contribution in [2.24, 2.45) is 4.40 Å². The summed E-state index contributed by atoms with van der Waals surface area (Å²) in [5.74, 6) is 0. The molecule has 0 amide bonds. The van der Waals surface area contributed by atoms with Crippen LogP contribution in [0, 0.1) is 0 Å². The molecule has 1 aliphatic carbocycles. The maximum atomic E-state index is 12.0. The van der Waals surface area contributed by atoms with Crippen LogP contribution in [0.1, 0.15) is 38.3 Å². The van der Waals surface area contributed by atoms with E-state index in [0.29, 0.717) is 0 Å². The van der Waals surface area contributed by atoms with E-state index in [2.05, 4.69) is 4.40 Å². The molecule has 0 radical (unpaired) electrons. The highest BCUT2D eigenvalue weighted by molar-refractivity contribution is 7.91. The summed E-state index contributed by atoms with van der Waals surface area (Å²) in [5, 5.41) is 0.786. The molecule has 1 atom stereocenters. The lowest BCUT2D eigenvalue weighted by Gasteiger charge is -2.18. The summed E-state index contributed by atoms with van der Waals surface area (Å²) in [7, 11) is 0. The first-order valence-corrected chi connectivity index (χ1v) is 7.15. The Morgan fingerprint density at radius 1 is 1.29 bits per heavy atom. The number of hydrogen-bond acceptors (Lipinski definition) is 2. The fraction of sp³-hybridized carbons (Fsp3) is 0.462. The second kappa shape index (κ2) is 4.63. The molecule has 0 heterocycles. The summed E-state index contributed by atoms with van der Waals surface area (Å²) in [6.07, 6.45) is 1.73. The van der Waals surface area contributed by atoms with Gasteiger partial charge in [0.2, 0.25) is 0 Å². The van der Waals surface area contributed by atoms with Gasteiger partial charge >= 0.3 is 0 Å². The van der Waals surface area contributed by atoms with E-state index >= 15 is 0 Å². The highest BCUT2D eigenvalue weighted by atomic mass is 35.5. The summed E-state index contributed by atoms with van der Waals surface area (Å²) in [5.41, 5.74) is 3.13. The highest BCUT2D eigenvalue weighted by Crippen LogP contribution is 2.30.